The van der Waals surface area contributed by atoms with Crippen LogP contribution in [0.1, 0.15) is 5.56 Å². The van der Waals surface area contributed by atoms with E-state index in [0.29, 0.717) is 23.0 Å². The summed E-state index contributed by atoms with van der Waals surface area (Å²) < 4.78 is 35.3. The molecule has 0 unspecified atom stereocenters. The number of halogens is 1. The SMILES string of the molecule is CN(CCS(=O)(=O)c1ccc(Cl)cc1)Cc1ccc2c(c1)OCO2. The van der Waals surface area contributed by atoms with E-state index in [1.165, 1.54) is 12.1 Å². The first-order valence-electron chi connectivity index (χ1n) is 7.49. The van der Waals surface area contributed by atoms with Gasteiger partial charge in [-0.25, -0.2) is 8.42 Å². The molecule has 1 heterocycles. The van der Waals surface area contributed by atoms with Crippen LogP contribution in [0.5, 0.6) is 11.5 Å². The van der Waals surface area contributed by atoms with Crippen LogP contribution < -0.4 is 9.47 Å². The van der Waals surface area contributed by atoms with Crippen molar-refractivity contribution in [2.45, 2.75) is 11.4 Å². The molecular weight excluding hydrogens is 350 g/mol. The number of hydrogen-bond acceptors (Lipinski definition) is 5. The number of rotatable bonds is 6. The van der Waals surface area contributed by atoms with E-state index >= 15 is 0 Å². The second-order valence-corrected chi connectivity index (χ2v) is 8.24. The Hall–Kier alpha value is -1.76. The molecular formula is C17H18ClNO4S. The van der Waals surface area contributed by atoms with Gasteiger partial charge in [0.05, 0.1) is 10.6 Å². The molecule has 0 amide bonds. The summed E-state index contributed by atoms with van der Waals surface area (Å²) in [5, 5.41) is 0.522. The van der Waals surface area contributed by atoms with Gasteiger partial charge in [0.25, 0.3) is 0 Å². The molecule has 0 aromatic heterocycles. The Kier molecular flexibility index (Phi) is 4.99. The lowest BCUT2D eigenvalue weighted by molar-refractivity contribution is 0.174. The van der Waals surface area contributed by atoms with E-state index in [0.717, 1.165) is 17.1 Å². The molecule has 2 aromatic rings. The van der Waals surface area contributed by atoms with E-state index in [-0.39, 0.29) is 12.5 Å². The van der Waals surface area contributed by atoms with Crippen LogP contribution >= 0.6 is 11.6 Å². The molecule has 0 bridgehead atoms. The van der Waals surface area contributed by atoms with Gasteiger partial charge in [-0.15, -0.1) is 0 Å². The van der Waals surface area contributed by atoms with Gasteiger partial charge in [-0.3, -0.25) is 0 Å². The van der Waals surface area contributed by atoms with E-state index in [2.05, 4.69) is 0 Å². The third kappa shape index (κ3) is 4.01. The maximum atomic E-state index is 12.3. The highest BCUT2D eigenvalue weighted by molar-refractivity contribution is 7.91. The Morgan fingerprint density at radius 3 is 2.54 bits per heavy atom. The number of ether oxygens (including phenoxy) is 2. The largest absolute Gasteiger partial charge is 0.454 e. The molecule has 0 saturated carbocycles. The molecule has 3 rings (SSSR count). The molecule has 0 radical (unpaired) electrons. The molecule has 0 fully saturated rings. The van der Waals surface area contributed by atoms with Crippen molar-refractivity contribution in [1.82, 2.24) is 4.90 Å². The molecule has 1 aliphatic rings. The van der Waals surface area contributed by atoms with Gasteiger partial charge in [0.1, 0.15) is 0 Å². The topological polar surface area (TPSA) is 55.8 Å². The second kappa shape index (κ2) is 7.01. The van der Waals surface area contributed by atoms with Gasteiger partial charge in [0, 0.05) is 18.1 Å². The molecule has 24 heavy (non-hydrogen) atoms. The monoisotopic (exact) mass is 367 g/mol. The van der Waals surface area contributed by atoms with Gasteiger partial charge in [0.2, 0.25) is 6.79 Å². The third-order valence-corrected chi connectivity index (χ3v) is 5.77. The summed E-state index contributed by atoms with van der Waals surface area (Å²) in [4.78, 5) is 2.26. The molecule has 0 saturated heterocycles. The Morgan fingerprint density at radius 1 is 1.08 bits per heavy atom. The fourth-order valence-electron chi connectivity index (χ4n) is 2.47. The van der Waals surface area contributed by atoms with Crippen molar-refractivity contribution in [3.63, 3.8) is 0 Å². The Balaban J connectivity index is 1.59. The van der Waals surface area contributed by atoms with Crippen molar-refractivity contribution in [1.29, 1.82) is 0 Å². The number of fused-ring (bicyclic) bond motifs is 1. The summed E-state index contributed by atoms with van der Waals surface area (Å²) in [5.41, 5.74) is 1.05. The Bertz CT molecular complexity index is 821. The van der Waals surface area contributed by atoms with E-state index in [1.807, 2.05) is 30.1 Å². The first-order chi connectivity index (χ1) is 11.4. The van der Waals surface area contributed by atoms with Gasteiger partial charge in [-0.05, 0) is 49.0 Å². The van der Waals surface area contributed by atoms with Crippen molar-refractivity contribution in [3.8, 4) is 11.5 Å². The van der Waals surface area contributed by atoms with Gasteiger partial charge in [-0.2, -0.15) is 0 Å². The fourth-order valence-corrected chi connectivity index (χ4v) is 3.93. The van der Waals surface area contributed by atoms with Crippen molar-refractivity contribution < 1.29 is 17.9 Å². The molecule has 2 aromatic carbocycles. The highest BCUT2D eigenvalue weighted by atomic mass is 35.5. The van der Waals surface area contributed by atoms with Crippen molar-refractivity contribution in [2.24, 2.45) is 0 Å². The number of nitrogens with zero attached hydrogens (tertiary/aromatic N) is 1. The molecule has 0 atom stereocenters. The van der Waals surface area contributed by atoms with Crippen LogP contribution in [0.4, 0.5) is 0 Å². The smallest absolute Gasteiger partial charge is 0.231 e. The fraction of sp³-hybridized carbons (Fsp3) is 0.294. The molecule has 0 aliphatic carbocycles. The zero-order valence-electron chi connectivity index (χ0n) is 13.2. The minimum absolute atomic E-state index is 0.0513. The predicted octanol–water partition coefficient (Wildman–Crippen LogP) is 2.97. The first kappa shape index (κ1) is 17.1. The zero-order valence-corrected chi connectivity index (χ0v) is 14.8. The summed E-state index contributed by atoms with van der Waals surface area (Å²) in [6, 6.07) is 12.0. The van der Waals surface area contributed by atoms with Crippen LogP contribution in [-0.4, -0.2) is 39.5 Å². The van der Waals surface area contributed by atoms with E-state index < -0.39 is 9.84 Å². The minimum atomic E-state index is -3.32. The number of benzene rings is 2. The molecule has 0 spiro atoms. The third-order valence-electron chi connectivity index (χ3n) is 3.80. The van der Waals surface area contributed by atoms with Crippen molar-refractivity contribution >= 4 is 21.4 Å². The molecule has 1 aliphatic heterocycles. The van der Waals surface area contributed by atoms with Crippen molar-refractivity contribution in [3.05, 3.63) is 53.1 Å². The molecule has 5 nitrogen and oxygen atoms in total. The summed E-state index contributed by atoms with van der Waals surface area (Å²) in [7, 11) is -1.43. The van der Waals surface area contributed by atoms with Crippen LogP contribution in [-0.2, 0) is 16.4 Å². The van der Waals surface area contributed by atoms with Crippen LogP contribution in [0, 0.1) is 0 Å². The lowest BCUT2D eigenvalue weighted by Gasteiger charge is -2.17. The second-order valence-electron chi connectivity index (χ2n) is 5.70. The van der Waals surface area contributed by atoms with Crippen LogP contribution in [0.3, 0.4) is 0 Å². The normalized spacial score (nSPS) is 13.5. The average molecular weight is 368 g/mol. The number of hydrogen-bond donors (Lipinski definition) is 0. The van der Waals surface area contributed by atoms with Crippen molar-refractivity contribution in [2.75, 3.05) is 26.1 Å². The minimum Gasteiger partial charge on any atom is -0.454 e. The summed E-state index contributed by atoms with van der Waals surface area (Å²) in [5.74, 6) is 1.52. The summed E-state index contributed by atoms with van der Waals surface area (Å²) in [6.07, 6.45) is 0. The van der Waals surface area contributed by atoms with Gasteiger partial charge in [0.15, 0.2) is 21.3 Å². The average Bonchev–Trinajstić information content (AvgIpc) is 3.01. The maximum absolute atomic E-state index is 12.3. The summed E-state index contributed by atoms with van der Waals surface area (Å²) >= 11 is 5.80. The standard InChI is InChI=1S/C17H18ClNO4S/c1-19(11-13-2-7-16-17(10-13)23-12-22-16)8-9-24(20,21)15-5-3-14(18)4-6-15/h2-7,10H,8-9,11-12H2,1H3. The Morgan fingerprint density at radius 2 is 1.79 bits per heavy atom. The zero-order chi connectivity index (χ0) is 17.2. The van der Waals surface area contributed by atoms with Gasteiger partial charge in [-0.1, -0.05) is 17.7 Å². The first-order valence-corrected chi connectivity index (χ1v) is 9.52. The molecule has 0 N–H and O–H groups in total. The quantitative estimate of drug-likeness (QED) is 0.785. The highest BCUT2D eigenvalue weighted by Crippen LogP contribution is 2.32. The Labute approximate surface area is 146 Å². The van der Waals surface area contributed by atoms with Gasteiger partial charge < -0.3 is 14.4 Å². The summed E-state index contributed by atoms with van der Waals surface area (Å²) in [6.45, 7) is 1.31. The van der Waals surface area contributed by atoms with E-state index in [9.17, 15) is 8.42 Å². The lowest BCUT2D eigenvalue weighted by atomic mass is 10.2. The van der Waals surface area contributed by atoms with E-state index in [1.54, 1.807) is 12.1 Å². The highest BCUT2D eigenvalue weighted by Gasteiger charge is 2.17. The van der Waals surface area contributed by atoms with Gasteiger partial charge >= 0.3 is 0 Å². The predicted molar refractivity (Wildman–Crippen MR) is 92.4 cm³/mol. The number of sulfone groups is 1. The van der Waals surface area contributed by atoms with Crippen LogP contribution in [0.25, 0.3) is 0 Å². The lowest BCUT2D eigenvalue weighted by Crippen LogP contribution is -2.25. The molecule has 7 heteroatoms. The molecule has 128 valence electrons. The van der Waals surface area contributed by atoms with E-state index in [4.69, 9.17) is 21.1 Å². The van der Waals surface area contributed by atoms with Crippen LogP contribution in [0.15, 0.2) is 47.4 Å². The van der Waals surface area contributed by atoms with Crippen LogP contribution in [0.2, 0.25) is 5.02 Å². The maximum Gasteiger partial charge on any atom is 0.231 e.